The molecule has 5 aliphatic heterocycles. The van der Waals surface area contributed by atoms with Crippen LogP contribution in [0.25, 0.3) is 32.9 Å². The number of amides is 6. The second kappa shape index (κ2) is 28.8. The van der Waals surface area contributed by atoms with Crippen molar-refractivity contribution in [2.45, 2.75) is 102 Å². The van der Waals surface area contributed by atoms with Crippen LogP contribution in [-0.2, 0) is 46.2 Å². The molecule has 28 heteroatoms. The Morgan fingerprint density at radius 3 is 1.97 bits per heavy atom. The number of fused-ring (bicyclic) bond motifs is 2. The maximum atomic E-state index is 16.0. The van der Waals surface area contributed by atoms with Crippen molar-refractivity contribution in [2.75, 3.05) is 102 Å². The molecule has 6 amide bonds. The Labute approximate surface area is 533 Å². The minimum Gasteiger partial charge on any atom is -0.468 e. The van der Waals surface area contributed by atoms with Crippen LogP contribution < -0.4 is 26.6 Å². The third-order valence-electron chi connectivity index (χ3n) is 18.9. The lowest BCUT2D eigenvalue weighted by Gasteiger charge is -2.40. The molecule has 6 aromatic rings. The van der Waals surface area contributed by atoms with Crippen LogP contribution in [0, 0.1) is 23.6 Å². The predicted molar refractivity (Wildman–Crippen MR) is 334 cm³/mol. The number of methoxy groups -OCH3 is 1. The van der Waals surface area contributed by atoms with E-state index in [2.05, 4.69) is 57.8 Å². The topological polar surface area (TPSA) is 286 Å². The zero-order valence-corrected chi connectivity index (χ0v) is 51.9. The van der Waals surface area contributed by atoms with Crippen LogP contribution in [0.1, 0.15) is 116 Å². The predicted octanol–water partition coefficient (Wildman–Crippen LogP) is 6.25. The molecule has 5 saturated heterocycles. The number of carbonyl (C=O) groups is 8. The van der Waals surface area contributed by atoms with Gasteiger partial charge in [-0.1, -0.05) is 24.3 Å². The van der Waals surface area contributed by atoms with Crippen molar-refractivity contribution in [1.29, 1.82) is 0 Å². The summed E-state index contributed by atoms with van der Waals surface area (Å²) in [6.45, 7) is 5.94. The summed E-state index contributed by atoms with van der Waals surface area (Å²) in [5.74, 6) is -2.85. The van der Waals surface area contributed by atoms with E-state index in [1.807, 2.05) is 21.9 Å². The Bertz CT molecular complexity index is 3760. The number of esters is 1. The van der Waals surface area contributed by atoms with Gasteiger partial charge in [0.1, 0.15) is 24.7 Å². The first-order valence-corrected chi connectivity index (χ1v) is 32.0. The number of rotatable bonds is 19. The Morgan fingerprint density at radius 1 is 0.677 bits per heavy atom. The quantitative estimate of drug-likeness (QED) is 0.0515. The molecule has 0 bridgehead atoms. The molecule has 93 heavy (non-hydrogen) atoms. The number of anilines is 3. The maximum absolute atomic E-state index is 16.0. The number of carbonyl (C=O) groups excluding carboxylic acids is 8. The maximum Gasteiger partial charge on any atom is 0.435 e. The normalized spacial score (nSPS) is 17.6. The van der Waals surface area contributed by atoms with Crippen LogP contribution in [0.4, 0.5) is 34.9 Å². The molecule has 5 N–H and O–H groups in total. The number of piperidine rings is 5. The minimum atomic E-state index is -5.06. The Hall–Kier alpha value is -9.08. The van der Waals surface area contributed by atoms with Crippen LogP contribution in [0.5, 0.6) is 0 Å². The van der Waals surface area contributed by atoms with E-state index < -0.39 is 72.3 Å². The molecule has 24 nitrogen and oxygen atoms in total. The number of hydrogen-bond donors (Lipinski definition) is 4. The lowest BCUT2D eigenvalue weighted by Crippen LogP contribution is -2.49. The summed E-state index contributed by atoms with van der Waals surface area (Å²) in [7, 11) is 1.12. The lowest BCUT2D eigenvalue weighted by molar-refractivity contribution is -0.144. The highest BCUT2D eigenvalue weighted by Crippen LogP contribution is 2.41. The van der Waals surface area contributed by atoms with E-state index in [-0.39, 0.29) is 75.6 Å². The summed E-state index contributed by atoms with van der Waals surface area (Å²) in [4.78, 5) is 123. The molecule has 0 unspecified atom stereocenters. The summed E-state index contributed by atoms with van der Waals surface area (Å²) < 4.78 is 66.1. The van der Waals surface area contributed by atoms with E-state index in [0.717, 1.165) is 118 Å². The third kappa shape index (κ3) is 15.4. The monoisotopic (exact) mass is 1290 g/mol. The summed E-state index contributed by atoms with van der Waals surface area (Å²) in [5.41, 5.74) is 5.71. The second-order valence-electron chi connectivity index (χ2n) is 24.9. The summed E-state index contributed by atoms with van der Waals surface area (Å²) >= 11 is 0. The molecule has 0 radical (unpaired) electrons. The summed E-state index contributed by atoms with van der Waals surface area (Å²) in [5, 5.41) is 15.3. The van der Waals surface area contributed by atoms with Crippen molar-refractivity contribution in [2.24, 2.45) is 23.5 Å². The number of nitrogens with two attached hydrogens (primary N) is 1. The van der Waals surface area contributed by atoms with Crippen molar-refractivity contribution in [1.82, 2.24) is 59.8 Å². The first-order chi connectivity index (χ1) is 44.8. The molecular weight excluding hydrogens is 1210 g/mol. The highest BCUT2D eigenvalue weighted by molar-refractivity contribution is 6.01. The van der Waals surface area contributed by atoms with Gasteiger partial charge in [-0.15, -0.1) is 0 Å². The van der Waals surface area contributed by atoms with Crippen LogP contribution >= 0.6 is 0 Å². The number of hydrogen-bond acceptors (Lipinski definition) is 16. The Kier molecular flexibility index (Phi) is 20.3. The molecule has 5 aliphatic rings. The number of aromatic nitrogens is 6. The van der Waals surface area contributed by atoms with E-state index in [0.29, 0.717) is 69.8 Å². The van der Waals surface area contributed by atoms with Crippen LogP contribution in [0.2, 0.25) is 0 Å². The van der Waals surface area contributed by atoms with Gasteiger partial charge >= 0.3 is 12.1 Å². The number of ether oxygens (including phenoxy) is 1. The van der Waals surface area contributed by atoms with Crippen molar-refractivity contribution < 1.29 is 60.7 Å². The highest BCUT2D eigenvalue weighted by Gasteiger charge is 2.40. The average Bonchev–Trinajstić information content (AvgIpc) is 1.63. The molecule has 0 aliphatic carbocycles. The lowest BCUT2D eigenvalue weighted by atomic mass is 9.87. The number of nitrogens with zero attached hydrogens (tertiary/aromatic N) is 11. The number of nitrogens with one attached hydrogen (secondary N) is 3. The van der Waals surface area contributed by atoms with Crippen molar-refractivity contribution in [3.63, 3.8) is 0 Å². The number of benzene rings is 3. The summed E-state index contributed by atoms with van der Waals surface area (Å²) in [6.07, 6.45) is 6.86. The van der Waals surface area contributed by atoms with Gasteiger partial charge in [0.2, 0.25) is 35.4 Å². The van der Waals surface area contributed by atoms with Gasteiger partial charge < -0.3 is 50.9 Å². The van der Waals surface area contributed by atoms with E-state index in [9.17, 15) is 51.5 Å². The number of primary amides is 1. The van der Waals surface area contributed by atoms with Gasteiger partial charge in [-0.25, -0.2) is 19.0 Å². The standard InChI is InChI=1S/C65H77F4N15O9/c1-93-57(89)37-72-53(85)36-71-54(86)39-83-50-7-5-6-47(58(50)60(77-83)65(67,68)69)48-33-51-45(32-49(48)66)34-74-84(51)56(88)13-12-55(87)80-26-14-40(15-27-80)38-78-24-16-43(17-25-78)63(91)82-30-20-44(21-31-82)64(92)81-28-18-42(19-29-81)41-8-10-46(11-9-41)75-62-59(61(70)90)73-35-52(76-62)79-22-3-2-4-23-79/h5-11,32-35,40,42-44H,2-4,12-31,36-39H2,1H3,(H2,70,90)(H,71,86)(H,72,85)(H,75,76). The van der Waals surface area contributed by atoms with Crippen molar-refractivity contribution in [3.05, 3.63) is 89.8 Å². The smallest absolute Gasteiger partial charge is 0.435 e. The van der Waals surface area contributed by atoms with Crippen LogP contribution in [0.3, 0.4) is 0 Å². The zero-order chi connectivity index (χ0) is 65.5. The molecule has 494 valence electrons. The summed E-state index contributed by atoms with van der Waals surface area (Å²) in [6, 6.07) is 14.3. The Balaban J connectivity index is 0.595. The first kappa shape index (κ1) is 65.4. The molecule has 5 fully saturated rings. The van der Waals surface area contributed by atoms with Crippen LogP contribution in [0.15, 0.2) is 67.0 Å². The van der Waals surface area contributed by atoms with E-state index >= 15 is 4.39 Å². The molecule has 0 atom stereocenters. The van der Waals surface area contributed by atoms with Crippen molar-refractivity contribution in [3.8, 4) is 11.1 Å². The molecule has 0 saturated carbocycles. The average molecular weight is 1290 g/mol. The fourth-order valence-corrected chi connectivity index (χ4v) is 13.7. The zero-order valence-electron chi connectivity index (χ0n) is 51.9. The second-order valence-corrected chi connectivity index (χ2v) is 24.9. The molecule has 0 spiro atoms. The largest absolute Gasteiger partial charge is 0.468 e. The number of halogens is 4. The fraction of sp³-hybridized carbons (Fsp3) is 0.508. The fourth-order valence-electron chi connectivity index (χ4n) is 13.7. The molecule has 11 rings (SSSR count). The molecular formula is C65H77F4N15O9. The molecule has 8 heterocycles. The SMILES string of the molecule is COC(=O)CNC(=O)CNC(=O)Cn1nc(C(F)(F)F)c2c(-c3cc4c(cnn4C(=O)CCC(=O)N4CCC(CN5CCC(C(=O)N6CCC(C(=O)N7CCC(c8ccc(Nc9nc(N%10CCCCC%10)cnc9C(N)=O)cc8)CC7)CC6)CC5)CC4)cc3F)cccc21. The van der Waals surface area contributed by atoms with E-state index in [1.54, 1.807) is 11.1 Å². The highest BCUT2D eigenvalue weighted by atomic mass is 19.4. The van der Waals surface area contributed by atoms with Gasteiger partial charge in [0, 0.05) is 106 Å². The van der Waals surface area contributed by atoms with Crippen LogP contribution in [-0.4, -0.2) is 189 Å². The van der Waals surface area contributed by atoms with E-state index in [1.165, 1.54) is 42.4 Å². The Morgan fingerprint density at radius 2 is 1.31 bits per heavy atom. The van der Waals surface area contributed by atoms with Gasteiger partial charge in [-0.3, -0.25) is 43.0 Å². The third-order valence-corrected chi connectivity index (χ3v) is 18.9. The van der Waals surface area contributed by atoms with Crippen molar-refractivity contribution >= 4 is 86.4 Å². The van der Waals surface area contributed by atoms with Gasteiger partial charge in [0.15, 0.2) is 17.2 Å². The number of likely N-dealkylation sites (tertiary alicyclic amines) is 4. The molecule has 3 aromatic carbocycles. The van der Waals surface area contributed by atoms with Gasteiger partial charge in [0.05, 0.1) is 37.1 Å². The minimum absolute atomic E-state index is 0.0662. The number of alkyl halides is 3. The first-order valence-electron chi connectivity index (χ1n) is 32.0. The molecule has 3 aromatic heterocycles. The van der Waals surface area contributed by atoms with Gasteiger partial charge in [0.25, 0.3) is 5.91 Å². The van der Waals surface area contributed by atoms with Gasteiger partial charge in [-0.05, 0) is 137 Å². The van der Waals surface area contributed by atoms with Gasteiger partial charge in [-0.2, -0.15) is 23.4 Å². The van der Waals surface area contributed by atoms with E-state index in [4.69, 9.17) is 10.7 Å².